The van der Waals surface area contributed by atoms with Gasteiger partial charge in [0.05, 0.1) is 16.2 Å². The van der Waals surface area contributed by atoms with Crippen molar-refractivity contribution in [2.45, 2.75) is 18.2 Å². The Kier molecular flexibility index (Phi) is 4.34. The number of hydrogen-bond acceptors (Lipinski definition) is 3. The molecule has 0 aliphatic carbocycles. The standard InChI is InChI=1S/C11H12ClNO2S/c1-9-3-4-11(10(7-9)8-13)16(14,15)6-2-5-12/h3-4,7H,2,5-6H2,1H3. The molecule has 0 fully saturated rings. The van der Waals surface area contributed by atoms with Gasteiger partial charge in [-0.25, -0.2) is 8.42 Å². The van der Waals surface area contributed by atoms with Crippen molar-refractivity contribution in [1.82, 2.24) is 0 Å². The number of benzene rings is 1. The van der Waals surface area contributed by atoms with Crippen molar-refractivity contribution in [3.63, 3.8) is 0 Å². The monoisotopic (exact) mass is 257 g/mol. The van der Waals surface area contributed by atoms with Crippen LogP contribution in [0.1, 0.15) is 17.5 Å². The normalized spacial score (nSPS) is 11.1. The minimum absolute atomic E-state index is 0.0196. The van der Waals surface area contributed by atoms with Crippen molar-refractivity contribution >= 4 is 21.4 Å². The van der Waals surface area contributed by atoms with E-state index in [9.17, 15) is 8.42 Å². The van der Waals surface area contributed by atoms with Gasteiger partial charge in [0, 0.05) is 5.88 Å². The predicted molar refractivity (Wildman–Crippen MR) is 63.3 cm³/mol. The summed E-state index contributed by atoms with van der Waals surface area (Å²) in [4.78, 5) is 0.103. The maximum atomic E-state index is 11.9. The van der Waals surface area contributed by atoms with Gasteiger partial charge < -0.3 is 0 Å². The van der Waals surface area contributed by atoms with E-state index in [1.54, 1.807) is 12.1 Å². The molecular weight excluding hydrogens is 246 g/mol. The molecule has 0 spiro atoms. The Hall–Kier alpha value is -1.05. The second kappa shape index (κ2) is 5.33. The first-order valence-corrected chi connectivity index (χ1v) is 6.99. The van der Waals surface area contributed by atoms with Gasteiger partial charge in [-0.2, -0.15) is 5.26 Å². The fourth-order valence-electron chi connectivity index (χ4n) is 1.36. The van der Waals surface area contributed by atoms with E-state index in [1.165, 1.54) is 6.07 Å². The van der Waals surface area contributed by atoms with Crippen molar-refractivity contribution in [3.05, 3.63) is 29.3 Å². The van der Waals surface area contributed by atoms with E-state index < -0.39 is 9.84 Å². The van der Waals surface area contributed by atoms with Gasteiger partial charge in [0.2, 0.25) is 0 Å². The van der Waals surface area contributed by atoms with Crippen molar-refractivity contribution in [3.8, 4) is 6.07 Å². The van der Waals surface area contributed by atoms with Crippen LogP contribution in [0.15, 0.2) is 23.1 Å². The molecule has 0 bridgehead atoms. The maximum Gasteiger partial charge on any atom is 0.179 e. The van der Waals surface area contributed by atoms with Gasteiger partial charge >= 0.3 is 0 Å². The molecule has 0 amide bonds. The summed E-state index contributed by atoms with van der Waals surface area (Å²) >= 11 is 5.46. The Morgan fingerprint density at radius 1 is 1.44 bits per heavy atom. The molecule has 0 aliphatic heterocycles. The molecule has 0 aliphatic rings. The lowest BCUT2D eigenvalue weighted by Crippen LogP contribution is -2.09. The van der Waals surface area contributed by atoms with Crippen molar-refractivity contribution < 1.29 is 8.42 Å². The number of nitriles is 1. The summed E-state index contributed by atoms with van der Waals surface area (Å²) in [6.07, 6.45) is 0.392. The van der Waals surface area contributed by atoms with E-state index in [-0.39, 0.29) is 16.2 Å². The van der Waals surface area contributed by atoms with Gasteiger partial charge in [-0.1, -0.05) is 6.07 Å². The fraction of sp³-hybridized carbons (Fsp3) is 0.364. The maximum absolute atomic E-state index is 11.9. The first kappa shape index (κ1) is 13.0. The van der Waals surface area contributed by atoms with Crippen LogP contribution in [0.2, 0.25) is 0 Å². The lowest BCUT2D eigenvalue weighted by Gasteiger charge is -2.05. The summed E-state index contributed by atoms with van der Waals surface area (Å²) in [7, 11) is -3.39. The number of alkyl halides is 1. The molecule has 16 heavy (non-hydrogen) atoms. The predicted octanol–water partition coefficient (Wildman–Crippen LogP) is 2.27. The highest BCUT2D eigenvalue weighted by Gasteiger charge is 2.18. The summed E-state index contributed by atoms with van der Waals surface area (Å²) in [6.45, 7) is 1.82. The SMILES string of the molecule is Cc1ccc(S(=O)(=O)CCCCl)c(C#N)c1. The molecule has 0 radical (unpaired) electrons. The third-order valence-corrected chi connectivity index (χ3v) is 4.26. The smallest absolute Gasteiger partial charge is 0.179 e. The van der Waals surface area contributed by atoms with E-state index in [0.29, 0.717) is 12.3 Å². The molecule has 0 unspecified atom stereocenters. The summed E-state index contributed by atoms with van der Waals surface area (Å²) in [5.74, 6) is 0.279. The molecule has 0 N–H and O–H groups in total. The van der Waals surface area contributed by atoms with Gasteiger partial charge in [0.15, 0.2) is 9.84 Å². The van der Waals surface area contributed by atoms with Gasteiger partial charge in [-0.05, 0) is 31.0 Å². The number of rotatable bonds is 4. The van der Waals surface area contributed by atoms with E-state index in [1.807, 2.05) is 13.0 Å². The van der Waals surface area contributed by atoms with Gasteiger partial charge in [-0.3, -0.25) is 0 Å². The van der Waals surface area contributed by atoms with Crippen LogP contribution in [0.5, 0.6) is 0 Å². The first-order chi connectivity index (χ1) is 7.51. The van der Waals surface area contributed by atoms with Crippen LogP contribution < -0.4 is 0 Å². The van der Waals surface area contributed by atoms with Crippen molar-refractivity contribution in [2.75, 3.05) is 11.6 Å². The molecule has 0 atom stereocenters. The Labute approximate surface area is 101 Å². The molecule has 1 rings (SSSR count). The quantitative estimate of drug-likeness (QED) is 0.778. The average molecular weight is 258 g/mol. The third-order valence-electron chi connectivity index (χ3n) is 2.14. The molecule has 0 saturated heterocycles. The molecule has 0 aromatic heterocycles. The van der Waals surface area contributed by atoms with Crippen LogP contribution in [0, 0.1) is 18.3 Å². The van der Waals surface area contributed by atoms with Crippen LogP contribution >= 0.6 is 11.6 Å². The zero-order valence-electron chi connectivity index (χ0n) is 8.90. The van der Waals surface area contributed by atoms with Crippen molar-refractivity contribution in [1.29, 1.82) is 5.26 Å². The van der Waals surface area contributed by atoms with E-state index in [0.717, 1.165) is 5.56 Å². The van der Waals surface area contributed by atoms with Gasteiger partial charge in [-0.15, -0.1) is 11.6 Å². The molecule has 5 heteroatoms. The summed E-state index contributed by atoms with van der Waals surface area (Å²) in [5, 5.41) is 8.89. The minimum atomic E-state index is -3.39. The van der Waals surface area contributed by atoms with E-state index in [4.69, 9.17) is 16.9 Å². The molecule has 0 saturated carbocycles. The topological polar surface area (TPSA) is 57.9 Å². The van der Waals surface area contributed by atoms with E-state index >= 15 is 0 Å². The lowest BCUT2D eigenvalue weighted by atomic mass is 10.2. The molecule has 3 nitrogen and oxygen atoms in total. The number of sulfone groups is 1. The zero-order chi connectivity index (χ0) is 12.2. The molecule has 0 heterocycles. The van der Waals surface area contributed by atoms with Crippen LogP contribution in [0.4, 0.5) is 0 Å². The lowest BCUT2D eigenvalue weighted by molar-refractivity contribution is 0.594. The highest BCUT2D eigenvalue weighted by Crippen LogP contribution is 2.18. The summed E-state index contributed by atoms with van der Waals surface area (Å²) in [6, 6.07) is 6.66. The highest BCUT2D eigenvalue weighted by molar-refractivity contribution is 7.91. The van der Waals surface area contributed by atoms with Crippen LogP contribution in [0.25, 0.3) is 0 Å². The first-order valence-electron chi connectivity index (χ1n) is 4.81. The second-order valence-corrected chi connectivity index (χ2v) is 5.93. The molecule has 1 aromatic carbocycles. The molecule has 1 aromatic rings. The number of nitrogens with zero attached hydrogens (tertiary/aromatic N) is 1. The van der Waals surface area contributed by atoms with Crippen LogP contribution in [-0.4, -0.2) is 20.1 Å². The van der Waals surface area contributed by atoms with Gasteiger partial charge in [0.1, 0.15) is 6.07 Å². The Bertz CT molecular complexity index is 517. The number of hydrogen-bond donors (Lipinski definition) is 0. The van der Waals surface area contributed by atoms with Crippen LogP contribution in [-0.2, 0) is 9.84 Å². The zero-order valence-corrected chi connectivity index (χ0v) is 10.5. The fourth-order valence-corrected chi connectivity index (χ4v) is 3.11. The molecule has 86 valence electrons. The minimum Gasteiger partial charge on any atom is -0.224 e. The highest BCUT2D eigenvalue weighted by atomic mass is 35.5. The summed E-state index contributed by atoms with van der Waals surface area (Å²) in [5.41, 5.74) is 1.07. The molecular formula is C11H12ClNO2S. The second-order valence-electron chi connectivity index (χ2n) is 3.47. The Balaban J connectivity index is 3.19. The largest absolute Gasteiger partial charge is 0.224 e. The Morgan fingerprint density at radius 3 is 2.69 bits per heavy atom. The number of aryl methyl sites for hydroxylation is 1. The van der Waals surface area contributed by atoms with Gasteiger partial charge in [0.25, 0.3) is 0 Å². The summed E-state index contributed by atoms with van der Waals surface area (Å²) < 4.78 is 23.7. The number of halogens is 1. The Morgan fingerprint density at radius 2 is 2.12 bits per heavy atom. The van der Waals surface area contributed by atoms with E-state index in [2.05, 4.69) is 0 Å². The van der Waals surface area contributed by atoms with Crippen LogP contribution in [0.3, 0.4) is 0 Å². The van der Waals surface area contributed by atoms with Crippen molar-refractivity contribution in [2.24, 2.45) is 0 Å². The third kappa shape index (κ3) is 2.97. The average Bonchev–Trinajstić information content (AvgIpc) is 2.26.